The van der Waals surface area contributed by atoms with E-state index in [-0.39, 0.29) is 28.7 Å². The van der Waals surface area contributed by atoms with Crippen molar-refractivity contribution in [2.24, 2.45) is 5.92 Å². The summed E-state index contributed by atoms with van der Waals surface area (Å²) in [5, 5.41) is 17.9. The van der Waals surface area contributed by atoms with Crippen LogP contribution in [0.1, 0.15) is 24.2 Å². The molecule has 1 aromatic rings. The third-order valence-electron chi connectivity index (χ3n) is 3.18. The predicted octanol–water partition coefficient (Wildman–Crippen LogP) is 0.689. The van der Waals surface area contributed by atoms with Crippen LogP contribution >= 0.6 is 0 Å². The molecule has 7 nitrogen and oxygen atoms in total. The molecule has 2 unspecified atom stereocenters. The third-order valence-corrected chi connectivity index (χ3v) is 4.78. The molecular weight excluding hydrogens is 298 g/mol. The molecular formula is C13H19NO6S. The minimum absolute atomic E-state index is 0.0498. The lowest BCUT2D eigenvalue weighted by Gasteiger charge is -2.20. The molecule has 1 aromatic carbocycles. The second-order valence-corrected chi connectivity index (χ2v) is 6.42. The minimum Gasteiger partial charge on any atom is -0.495 e. The highest BCUT2D eigenvalue weighted by Crippen LogP contribution is 2.25. The Morgan fingerprint density at radius 1 is 1.38 bits per heavy atom. The maximum atomic E-state index is 12.3. The SMILES string of the molecule is COc1cc(C(=O)O)ccc1S(=O)(=O)NC(C)C(C)CO. The molecule has 0 aromatic heterocycles. The number of sulfonamides is 1. The highest BCUT2D eigenvalue weighted by atomic mass is 32.2. The average molecular weight is 317 g/mol. The lowest BCUT2D eigenvalue weighted by atomic mass is 10.1. The number of ether oxygens (including phenoxy) is 1. The van der Waals surface area contributed by atoms with E-state index in [9.17, 15) is 13.2 Å². The molecule has 0 aliphatic rings. The first-order chi connectivity index (χ1) is 9.72. The zero-order chi connectivity index (χ0) is 16.2. The van der Waals surface area contributed by atoms with Crippen LogP contribution in [0.15, 0.2) is 23.1 Å². The van der Waals surface area contributed by atoms with E-state index < -0.39 is 22.0 Å². The molecule has 118 valence electrons. The topological polar surface area (TPSA) is 113 Å². The number of benzene rings is 1. The van der Waals surface area contributed by atoms with Gasteiger partial charge < -0.3 is 14.9 Å². The standard InChI is InChI=1S/C13H19NO6S/c1-8(7-15)9(2)14-21(18,19)12-5-4-10(13(16)17)6-11(12)20-3/h4-6,8-9,14-15H,7H2,1-3H3,(H,16,17). The van der Waals surface area contributed by atoms with E-state index in [0.29, 0.717) is 0 Å². The van der Waals surface area contributed by atoms with Crippen LogP contribution in [0.5, 0.6) is 5.75 Å². The van der Waals surface area contributed by atoms with Crippen LogP contribution in [-0.2, 0) is 10.0 Å². The summed E-state index contributed by atoms with van der Waals surface area (Å²) in [7, 11) is -2.62. The van der Waals surface area contributed by atoms with E-state index in [1.165, 1.54) is 19.2 Å². The molecule has 0 radical (unpaired) electrons. The van der Waals surface area contributed by atoms with Crippen LogP contribution in [0.25, 0.3) is 0 Å². The number of carbonyl (C=O) groups is 1. The summed E-state index contributed by atoms with van der Waals surface area (Å²) >= 11 is 0. The van der Waals surface area contributed by atoms with Crippen LogP contribution < -0.4 is 9.46 Å². The van der Waals surface area contributed by atoms with E-state index in [2.05, 4.69) is 4.72 Å². The van der Waals surface area contributed by atoms with Gasteiger partial charge in [0.05, 0.1) is 12.7 Å². The Bertz CT molecular complexity index is 613. The lowest BCUT2D eigenvalue weighted by molar-refractivity contribution is 0.0696. The van der Waals surface area contributed by atoms with E-state index in [1.807, 2.05) is 0 Å². The van der Waals surface area contributed by atoms with Crippen molar-refractivity contribution < 1.29 is 28.2 Å². The minimum atomic E-state index is -3.88. The molecule has 1 rings (SSSR count). The molecule has 0 fully saturated rings. The van der Waals surface area contributed by atoms with Crippen molar-refractivity contribution in [1.82, 2.24) is 4.72 Å². The number of aliphatic hydroxyl groups is 1. The maximum Gasteiger partial charge on any atom is 0.335 e. The first-order valence-corrected chi connectivity index (χ1v) is 7.75. The van der Waals surface area contributed by atoms with Gasteiger partial charge in [0, 0.05) is 12.6 Å². The van der Waals surface area contributed by atoms with Crippen LogP contribution in [0.2, 0.25) is 0 Å². The van der Waals surface area contributed by atoms with E-state index in [4.69, 9.17) is 14.9 Å². The fourth-order valence-electron chi connectivity index (χ4n) is 1.61. The van der Waals surface area contributed by atoms with Crippen LogP contribution in [-0.4, -0.2) is 44.4 Å². The van der Waals surface area contributed by atoms with Gasteiger partial charge in [-0.25, -0.2) is 17.9 Å². The molecule has 2 atom stereocenters. The molecule has 0 aliphatic carbocycles. The van der Waals surface area contributed by atoms with Gasteiger partial charge in [0.1, 0.15) is 10.6 Å². The number of nitrogens with one attached hydrogen (secondary N) is 1. The Hall–Kier alpha value is -1.64. The van der Waals surface area contributed by atoms with Gasteiger partial charge in [-0.3, -0.25) is 0 Å². The molecule has 0 heterocycles. The van der Waals surface area contributed by atoms with Gasteiger partial charge in [0.15, 0.2) is 0 Å². The summed E-state index contributed by atoms with van der Waals surface area (Å²) < 4.78 is 32.0. The number of carboxylic acids is 1. The Morgan fingerprint density at radius 2 is 2.00 bits per heavy atom. The molecule has 3 N–H and O–H groups in total. The summed E-state index contributed by atoms with van der Waals surface area (Å²) in [4.78, 5) is 10.7. The fraction of sp³-hybridized carbons (Fsp3) is 0.462. The van der Waals surface area contributed by atoms with Crippen molar-refractivity contribution in [3.8, 4) is 5.75 Å². The summed E-state index contributed by atoms with van der Waals surface area (Å²) in [5.74, 6) is -1.48. The largest absolute Gasteiger partial charge is 0.495 e. The maximum absolute atomic E-state index is 12.3. The number of aliphatic hydroxyl groups excluding tert-OH is 1. The van der Waals surface area contributed by atoms with Crippen molar-refractivity contribution in [2.75, 3.05) is 13.7 Å². The molecule has 0 saturated heterocycles. The molecule has 21 heavy (non-hydrogen) atoms. The summed E-state index contributed by atoms with van der Waals surface area (Å²) in [6.45, 7) is 3.19. The van der Waals surface area contributed by atoms with Gasteiger partial charge in [-0.1, -0.05) is 6.92 Å². The van der Waals surface area contributed by atoms with Crippen LogP contribution in [0.3, 0.4) is 0 Å². The average Bonchev–Trinajstić information content (AvgIpc) is 2.44. The number of rotatable bonds is 7. The highest BCUT2D eigenvalue weighted by molar-refractivity contribution is 7.89. The zero-order valence-electron chi connectivity index (χ0n) is 12.0. The van der Waals surface area contributed by atoms with Gasteiger partial charge in [-0.15, -0.1) is 0 Å². The van der Waals surface area contributed by atoms with Crippen molar-refractivity contribution >= 4 is 16.0 Å². The smallest absolute Gasteiger partial charge is 0.335 e. The Kier molecular flexibility index (Phi) is 5.70. The van der Waals surface area contributed by atoms with Crippen LogP contribution in [0, 0.1) is 5.92 Å². The zero-order valence-corrected chi connectivity index (χ0v) is 12.8. The number of aromatic carboxylic acids is 1. The van der Waals surface area contributed by atoms with E-state index >= 15 is 0 Å². The number of methoxy groups -OCH3 is 1. The summed E-state index contributed by atoms with van der Waals surface area (Å²) in [6, 6.07) is 3.04. The van der Waals surface area contributed by atoms with Crippen molar-refractivity contribution in [1.29, 1.82) is 0 Å². The van der Waals surface area contributed by atoms with Gasteiger partial charge in [0.2, 0.25) is 10.0 Å². The van der Waals surface area contributed by atoms with Gasteiger partial charge in [-0.05, 0) is 31.0 Å². The number of hydrogen-bond donors (Lipinski definition) is 3. The molecule has 0 spiro atoms. The van der Waals surface area contributed by atoms with Crippen LogP contribution in [0.4, 0.5) is 0 Å². The highest BCUT2D eigenvalue weighted by Gasteiger charge is 2.24. The Balaban J connectivity index is 3.16. The Morgan fingerprint density at radius 3 is 2.48 bits per heavy atom. The van der Waals surface area contributed by atoms with Crippen molar-refractivity contribution in [3.05, 3.63) is 23.8 Å². The van der Waals surface area contributed by atoms with Gasteiger partial charge >= 0.3 is 5.97 Å². The number of hydrogen-bond acceptors (Lipinski definition) is 5. The van der Waals surface area contributed by atoms with E-state index in [0.717, 1.165) is 6.07 Å². The molecule has 8 heteroatoms. The first kappa shape index (κ1) is 17.4. The lowest BCUT2D eigenvalue weighted by Crippen LogP contribution is -2.38. The fourth-order valence-corrected chi connectivity index (χ4v) is 3.11. The molecule has 0 bridgehead atoms. The van der Waals surface area contributed by atoms with Gasteiger partial charge in [0.25, 0.3) is 0 Å². The monoisotopic (exact) mass is 317 g/mol. The molecule has 0 amide bonds. The van der Waals surface area contributed by atoms with E-state index in [1.54, 1.807) is 13.8 Å². The predicted molar refractivity (Wildman–Crippen MR) is 76.0 cm³/mol. The molecule has 0 saturated carbocycles. The van der Waals surface area contributed by atoms with Crippen molar-refractivity contribution in [3.63, 3.8) is 0 Å². The Labute approximate surface area is 123 Å². The van der Waals surface area contributed by atoms with Gasteiger partial charge in [-0.2, -0.15) is 0 Å². The normalized spacial score (nSPS) is 14.5. The quantitative estimate of drug-likeness (QED) is 0.682. The second kappa shape index (κ2) is 6.88. The molecule has 0 aliphatic heterocycles. The summed E-state index contributed by atoms with van der Waals surface area (Å²) in [6.07, 6.45) is 0. The number of carboxylic acid groups (broad SMARTS) is 1. The summed E-state index contributed by atoms with van der Waals surface area (Å²) in [5.41, 5.74) is -0.0671. The third kappa shape index (κ3) is 4.16. The van der Waals surface area contributed by atoms with Crippen molar-refractivity contribution in [2.45, 2.75) is 24.8 Å². The first-order valence-electron chi connectivity index (χ1n) is 6.27. The second-order valence-electron chi connectivity index (χ2n) is 4.74.